The highest BCUT2D eigenvalue weighted by Crippen LogP contribution is 2.30. The Morgan fingerprint density at radius 2 is 1.82 bits per heavy atom. The molecule has 154 valence electrons. The van der Waals surface area contributed by atoms with Crippen molar-refractivity contribution in [2.24, 2.45) is 5.92 Å². The van der Waals surface area contributed by atoms with Crippen molar-refractivity contribution in [3.05, 3.63) is 35.0 Å². The Morgan fingerprint density at radius 3 is 2.50 bits per heavy atom. The first-order chi connectivity index (χ1) is 13.2. The van der Waals surface area contributed by atoms with Crippen molar-refractivity contribution in [2.45, 2.75) is 45.6 Å². The standard InChI is InChI=1S/C22H30ClN3O.ClH/c1-2-24-10-12-25(13-11-24)22(27)20-16-26(15-17-6-4-3-5-7-17)21-9-8-18(23)14-19(20)21;/h8-9,14,16-17H,2-7,10-13,15H2,1H3;1H. The average Bonchev–Trinajstić information content (AvgIpc) is 3.05. The molecule has 1 aliphatic carbocycles. The molecule has 1 aromatic heterocycles. The van der Waals surface area contributed by atoms with E-state index >= 15 is 0 Å². The van der Waals surface area contributed by atoms with E-state index in [1.54, 1.807) is 0 Å². The Hall–Kier alpha value is -1.23. The topological polar surface area (TPSA) is 28.5 Å². The van der Waals surface area contributed by atoms with E-state index in [0.717, 1.165) is 61.7 Å². The van der Waals surface area contributed by atoms with Crippen LogP contribution < -0.4 is 0 Å². The molecule has 1 aliphatic heterocycles. The number of fused-ring (bicyclic) bond motifs is 1. The van der Waals surface area contributed by atoms with E-state index in [-0.39, 0.29) is 18.3 Å². The predicted octanol–water partition coefficient (Wildman–Crippen LogP) is 5.07. The van der Waals surface area contributed by atoms with Gasteiger partial charge in [0.1, 0.15) is 0 Å². The first kappa shape index (κ1) is 21.5. The van der Waals surface area contributed by atoms with Gasteiger partial charge >= 0.3 is 0 Å². The molecule has 2 heterocycles. The summed E-state index contributed by atoms with van der Waals surface area (Å²) in [6.07, 6.45) is 8.73. The lowest BCUT2D eigenvalue weighted by molar-refractivity contribution is 0.0645. The maximum atomic E-state index is 13.3. The fraction of sp³-hybridized carbons (Fsp3) is 0.591. The van der Waals surface area contributed by atoms with Gasteiger partial charge in [0.15, 0.2) is 0 Å². The number of benzene rings is 1. The summed E-state index contributed by atoms with van der Waals surface area (Å²) >= 11 is 6.28. The molecule has 2 fully saturated rings. The summed E-state index contributed by atoms with van der Waals surface area (Å²) < 4.78 is 2.30. The van der Waals surface area contributed by atoms with Gasteiger partial charge in [-0.2, -0.15) is 0 Å². The minimum atomic E-state index is 0. The quantitative estimate of drug-likeness (QED) is 0.685. The lowest BCUT2D eigenvalue weighted by atomic mass is 9.89. The summed E-state index contributed by atoms with van der Waals surface area (Å²) in [6, 6.07) is 5.98. The maximum absolute atomic E-state index is 13.3. The molecule has 4 nitrogen and oxygen atoms in total. The number of likely N-dealkylation sites (N-methyl/N-ethyl adjacent to an activating group) is 1. The molecular formula is C22H31Cl2N3O. The number of carbonyl (C=O) groups excluding carboxylic acids is 1. The second kappa shape index (κ2) is 9.51. The summed E-state index contributed by atoms with van der Waals surface area (Å²) in [4.78, 5) is 17.7. The van der Waals surface area contributed by atoms with Gasteiger partial charge in [-0.25, -0.2) is 0 Å². The van der Waals surface area contributed by atoms with Gasteiger partial charge in [-0.15, -0.1) is 12.4 Å². The van der Waals surface area contributed by atoms with Crippen LogP contribution in [0.5, 0.6) is 0 Å². The highest BCUT2D eigenvalue weighted by Gasteiger charge is 2.25. The zero-order valence-electron chi connectivity index (χ0n) is 16.7. The molecule has 6 heteroatoms. The molecule has 2 aliphatic rings. The molecule has 0 radical (unpaired) electrons. The van der Waals surface area contributed by atoms with E-state index in [1.807, 2.05) is 17.0 Å². The Labute approximate surface area is 179 Å². The maximum Gasteiger partial charge on any atom is 0.256 e. The van der Waals surface area contributed by atoms with E-state index in [0.29, 0.717) is 5.02 Å². The smallest absolute Gasteiger partial charge is 0.256 e. The molecule has 0 spiro atoms. The third kappa shape index (κ3) is 4.50. The van der Waals surface area contributed by atoms with Crippen molar-refractivity contribution in [1.82, 2.24) is 14.4 Å². The van der Waals surface area contributed by atoms with Crippen LogP contribution in [0.3, 0.4) is 0 Å². The van der Waals surface area contributed by atoms with Crippen molar-refractivity contribution in [1.29, 1.82) is 0 Å². The van der Waals surface area contributed by atoms with E-state index in [1.165, 1.54) is 32.1 Å². The van der Waals surface area contributed by atoms with Gasteiger partial charge in [0, 0.05) is 54.8 Å². The van der Waals surface area contributed by atoms with Crippen LogP contribution in [0.2, 0.25) is 5.02 Å². The minimum absolute atomic E-state index is 0. The molecule has 1 saturated heterocycles. The number of nitrogens with zero attached hydrogens (tertiary/aromatic N) is 3. The fourth-order valence-corrected chi connectivity index (χ4v) is 4.85. The molecule has 0 atom stereocenters. The number of piperazine rings is 1. The van der Waals surface area contributed by atoms with Crippen LogP contribution in [-0.2, 0) is 6.54 Å². The minimum Gasteiger partial charge on any atom is -0.346 e. The largest absolute Gasteiger partial charge is 0.346 e. The zero-order valence-corrected chi connectivity index (χ0v) is 18.3. The summed E-state index contributed by atoms with van der Waals surface area (Å²) in [5.74, 6) is 0.876. The van der Waals surface area contributed by atoms with Gasteiger partial charge in [0.2, 0.25) is 0 Å². The molecule has 28 heavy (non-hydrogen) atoms. The van der Waals surface area contributed by atoms with Crippen molar-refractivity contribution < 1.29 is 4.79 Å². The molecule has 2 aromatic rings. The first-order valence-corrected chi connectivity index (χ1v) is 10.8. The number of carbonyl (C=O) groups is 1. The predicted molar refractivity (Wildman–Crippen MR) is 119 cm³/mol. The number of halogens is 2. The Balaban J connectivity index is 0.00000225. The van der Waals surface area contributed by atoms with Crippen molar-refractivity contribution in [2.75, 3.05) is 32.7 Å². The van der Waals surface area contributed by atoms with Crippen LogP contribution in [0.15, 0.2) is 24.4 Å². The second-order valence-electron chi connectivity index (χ2n) is 8.09. The van der Waals surface area contributed by atoms with Crippen molar-refractivity contribution in [3.8, 4) is 0 Å². The summed E-state index contributed by atoms with van der Waals surface area (Å²) in [5.41, 5.74) is 1.95. The van der Waals surface area contributed by atoms with Crippen LogP contribution >= 0.6 is 24.0 Å². The first-order valence-electron chi connectivity index (χ1n) is 10.5. The number of rotatable bonds is 4. The third-order valence-corrected chi connectivity index (χ3v) is 6.59. The highest BCUT2D eigenvalue weighted by molar-refractivity contribution is 6.31. The van der Waals surface area contributed by atoms with Crippen molar-refractivity contribution >= 4 is 40.8 Å². The number of hydrogen-bond donors (Lipinski definition) is 0. The number of aromatic nitrogens is 1. The molecule has 0 unspecified atom stereocenters. The Morgan fingerprint density at radius 1 is 1.11 bits per heavy atom. The van der Waals surface area contributed by atoms with E-state index < -0.39 is 0 Å². The monoisotopic (exact) mass is 423 g/mol. The SMILES string of the molecule is CCN1CCN(C(=O)c2cn(CC3CCCCC3)c3ccc(Cl)cc23)CC1.Cl. The molecule has 1 amide bonds. The molecule has 1 saturated carbocycles. The van der Waals surface area contributed by atoms with Gasteiger partial charge < -0.3 is 14.4 Å². The van der Waals surface area contributed by atoms with Crippen LogP contribution in [0, 0.1) is 5.92 Å². The number of hydrogen-bond acceptors (Lipinski definition) is 2. The summed E-state index contributed by atoms with van der Waals surface area (Å²) in [6.45, 7) is 7.78. The Kier molecular flexibility index (Phi) is 7.30. The van der Waals surface area contributed by atoms with Crippen molar-refractivity contribution in [3.63, 3.8) is 0 Å². The van der Waals surface area contributed by atoms with Crippen LogP contribution in [0.4, 0.5) is 0 Å². The summed E-state index contributed by atoms with van der Waals surface area (Å²) in [7, 11) is 0. The van der Waals surface area contributed by atoms with E-state index in [2.05, 4.69) is 28.7 Å². The molecule has 4 rings (SSSR count). The zero-order chi connectivity index (χ0) is 18.8. The van der Waals surface area contributed by atoms with Gasteiger partial charge in [0.25, 0.3) is 5.91 Å². The van der Waals surface area contributed by atoms with E-state index in [9.17, 15) is 4.79 Å². The number of amides is 1. The highest BCUT2D eigenvalue weighted by atomic mass is 35.5. The lowest BCUT2D eigenvalue weighted by Crippen LogP contribution is -2.48. The van der Waals surface area contributed by atoms with Crippen LogP contribution in [-0.4, -0.2) is 53.0 Å². The third-order valence-electron chi connectivity index (χ3n) is 6.36. The van der Waals surface area contributed by atoms with Gasteiger partial charge in [-0.3, -0.25) is 4.79 Å². The van der Waals surface area contributed by atoms with Gasteiger partial charge in [-0.1, -0.05) is 37.8 Å². The average molecular weight is 424 g/mol. The fourth-order valence-electron chi connectivity index (χ4n) is 4.68. The molecule has 1 aromatic carbocycles. The normalized spacial score (nSPS) is 19.0. The second-order valence-corrected chi connectivity index (χ2v) is 8.52. The summed E-state index contributed by atoms with van der Waals surface area (Å²) in [5, 5.41) is 1.70. The molecular weight excluding hydrogens is 393 g/mol. The van der Waals surface area contributed by atoms with Crippen LogP contribution in [0.1, 0.15) is 49.4 Å². The van der Waals surface area contributed by atoms with Gasteiger partial charge in [-0.05, 0) is 43.5 Å². The molecule has 0 bridgehead atoms. The van der Waals surface area contributed by atoms with E-state index in [4.69, 9.17) is 11.6 Å². The van der Waals surface area contributed by atoms with Gasteiger partial charge in [0.05, 0.1) is 5.56 Å². The Bertz CT molecular complexity index is 805. The van der Waals surface area contributed by atoms with Crippen LogP contribution in [0.25, 0.3) is 10.9 Å². The molecule has 0 N–H and O–H groups in total. The lowest BCUT2D eigenvalue weighted by Gasteiger charge is -2.34.